The molecule has 1 aromatic rings. The SMILES string of the molecule is COc1cccc(CC(=O)C(O)C2CC2)c1F. The summed E-state index contributed by atoms with van der Waals surface area (Å²) < 4.78 is 18.6. The number of hydrogen-bond acceptors (Lipinski definition) is 3. The van der Waals surface area contributed by atoms with Crippen LogP contribution in [0.5, 0.6) is 5.75 Å². The molecule has 0 radical (unpaired) electrons. The molecule has 92 valence electrons. The van der Waals surface area contributed by atoms with Gasteiger partial charge in [-0.25, -0.2) is 4.39 Å². The molecule has 0 amide bonds. The van der Waals surface area contributed by atoms with E-state index in [0.717, 1.165) is 12.8 Å². The van der Waals surface area contributed by atoms with Crippen molar-refractivity contribution in [3.05, 3.63) is 29.6 Å². The van der Waals surface area contributed by atoms with Gasteiger partial charge in [0.25, 0.3) is 0 Å². The number of carbonyl (C=O) groups excluding carboxylic acids is 1. The van der Waals surface area contributed by atoms with Crippen LogP contribution in [0.15, 0.2) is 18.2 Å². The Balaban J connectivity index is 2.09. The first-order chi connectivity index (χ1) is 8.13. The highest BCUT2D eigenvalue weighted by Gasteiger charge is 2.34. The van der Waals surface area contributed by atoms with Gasteiger partial charge in [-0.05, 0) is 30.4 Å². The second kappa shape index (κ2) is 4.84. The summed E-state index contributed by atoms with van der Waals surface area (Å²) in [5.74, 6) is -0.640. The fourth-order valence-corrected chi connectivity index (χ4v) is 1.82. The molecule has 2 rings (SSSR count). The molecule has 0 spiro atoms. The summed E-state index contributed by atoms with van der Waals surface area (Å²) in [5.41, 5.74) is 0.272. The van der Waals surface area contributed by atoms with Gasteiger partial charge < -0.3 is 9.84 Å². The molecule has 1 saturated carbocycles. The molecule has 0 saturated heterocycles. The maximum atomic E-state index is 13.8. The van der Waals surface area contributed by atoms with E-state index in [1.165, 1.54) is 19.2 Å². The van der Waals surface area contributed by atoms with E-state index in [-0.39, 0.29) is 29.4 Å². The van der Waals surface area contributed by atoms with Crippen LogP contribution in [-0.2, 0) is 11.2 Å². The molecule has 1 unspecified atom stereocenters. The predicted molar refractivity (Wildman–Crippen MR) is 60.4 cm³/mol. The Morgan fingerprint density at radius 2 is 2.29 bits per heavy atom. The van der Waals surface area contributed by atoms with Gasteiger partial charge in [0, 0.05) is 6.42 Å². The topological polar surface area (TPSA) is 46.5 Å². The Bertz CT molecular complexity index is 427. The van der Waals surface area contributed by atoms with Gasteiger partial charge in [0.1, 0.15) is 6.10 Å². The third-order valence-electron chi connectivity index (χ3n) is 3.03. The molecule has 1 N–H and O–H groups in total. The van der Waals surface area contributed by atoms with Crippen LogP contribution < -0.4 is 4.74 Å². The molecule has 1 atom stereocenters. The normalized spacial score (nSPS) is 16.6. The maximum Gasteiger partial charge on any atom is 0.168 e. The van der Waals surface area contributed by atoms with E-state index in [1.807, 2.05) is 0 Å². The van der Waals surface area contributed by atoms with Crippen molar-refractivity contribution in [1.82, 2.24) is 0 Å². The zero-order chi connectivity index (χ0) is 12.4. The van der Waals surface area contributed by atoms with Crippen molar-refractivity contribution in [2.24, 2.45) is 5.92 Å². The molecule has 0 aromatic heterocycles. The number of rotatable bonds is 5. The van der Waals surface area contributed by atoms with Gasteiger partial charge in [-0.1, -0.05) is 12.1 Å². The number of halogens is 1. The first-order valence-electron chi connectivity index (χ1n) is 5.65. The van der Waals surface area contributed by atoms with Crippen LogP contribution in [0.1, 0.15) is 18.4 Å². The quantitative estimate of drug-likeness (QED) is 0.849. The molecule has 4 heteroatoms. The number of aliphatic hydroxyl groups is 1. The Hall–Kier alpha value is -1.42. The number of carbonyl (C=O) groups is 1. The molecule has 0 aliphatic heterocycles. The summed E-state index contributed by atoms with van der Waals surface area (Å²) in [6.45, 7) is 0. The number of Topliss-reactive ketones (excluding diaryl/α,β-unsaturated/α-hetero) is 1. The van der Waals surface area contributed by atoms with Gasteiger partial charge in [0.2, 0.25) is 0 Å². The smallest absolute Gasteiger partial charge is 0.168 e. The van der Waals surface area contributed by atoms with E-state index in [2.05, 4.69) is 0 Å². The largest absolute Gasteiger partial charge is 0.494 e. The van der Waals surface area contributed by atoms with E-state index in [9.17, 15) is 14.3 Å². The minimum absolute atomic E-state index is 0.0798. The number of ketones is 1. The molecule has 1 aliphatic carbocycles. The minimum atomic E-state index is -0.944. The fourth-order valence-electron chi connectivity index (χ4n) is 1.82. The summed E-state index contributed by atoms with van der Waals surface area (Å²) in [5, 5.41) is 9.63. The Morgan fingerprint density at radius 1 is 1.59 bits per heavy atom. The van der Waals surface area contributed by atoms with Gasteiger partial charge in [0.15, 0.2) is 17.3 Å². The molecular formula is C13H15FO3. The minimum Gasteiger partial charge on any atom is -0.494 e. The zero-order valence-electron chi connectivity index (χ0n) is 9.65. The summed E-state index contributed by atoms with van der Waals surface area (Å²) >= 11 is 0. The zero-order valence-corrected chi connectivity index (χ0v) is 9.65. The Morgan fingerprint density at radius 3 is 2.88 bits per heavy atom. The van der Waals surface area contributed by atoms with Crippen LogP contribution in [0.25, 0.3) is 0 Å². The first kappa shape index (κ1) is 12.0. The molecule has 3 nitrogen and oxygen atoms in total. The average Bonchev–Trinajstić information content (AvgIpc) is 3.15. The summed E-state index contributed by atoms with van der Waals surface area (Å²) in [6, 6.07) is 4.67. The number of hydrogen-bond donors (Lipinski definition) is 1. The number of ether oxygens (including phenoxy) is 1. The Labute approximate surface area is 99.2 Å². The summed E-state index contributed by atoms with van der Waals surface area (Å²) in [4.78, 5) is 11.7. The standard InChI is InChI=1S/C13H15FO3/c1-17-11-4-2-3-9(12(11)14)7-10(15)13(16)8-5-6-8/h2-4,8,13,16H,5-7H2,1H3. The highest BCUT2D eigenvalue weighted by molar-refractivity contribution is 5.85. The third kappa shape index (κ3) is 2.64. The molecule has 0 heterocycles. The molecule has 1 aromatic carbocycles. The molecule has 17 heavy (non-hydrogen) atoms. The van der Waals surface area contributed by atoms with Crippen LogP contribution in [0.3, 0.4) is 0 Å². The average molecular weight is 238 g/mol. The van der Waals surface area contributed by atoms with Gasteiger partial charge in [-0.15, -0.1) is 0 Å². The van der Waals surface area contributed by atoms with E-state index in [0.29, 0.717) is 0 Å². The van der Waals surface area contributed by atoms with E-state index >= 15 is 0 Å². The van der Waals surface area contributed by atoms with Crippen LogP contribution in [0.4, 0.5) is 4.39 Å². The molecular weight excluding hydrogens is 223 g/mol. The lowest BCUT2D eigenvalue weighted by atomic mass is 10.0. The van der Waals surface area contributed by atoms with Gasteiger partial charge in [-0.3, -0.25) is 4.79 Å². The van der Waals surface area contributed by atoms with E-state index in [1.54, 1.807) is 6.07 Å². The monoisotopic (exact) mass is 238 g/mol. The molecule has 0 bridgehead atoms. The van der Waals surface area contributed by atoms with Crippen molar-refractivity contribution in [1.29, 1.82) is 0 Å². The lowest BCUT2D eigenvalue weighted by Crippen LogP contribution is -2.24. The van der Waals surface area contributed by atoms with E-state index in [4.69, 9.17) is 4.74 Å². The van der Waals surface area contributed by atoms with Crippen molar-refractivity contribution in [3.63, 3.8) is 0 Å². The highest BCUT2D eigenvalue weighted by Crippen LogP contribution is 2.33. The number of benzene rings is 1. The summed E-state index contributed by atoms with van der Waals surface area (Å²) in [7, 11) is 1.38. The maximum absolute atomic E-state index is 13.8. The second-order valence-electron chi connectivity index (χ2n) is 4.36. The second-order valence-corrected chi connectivity index (χ2v) is 4.36. The van der Waals surface area contributed by atoms with Gasteiger partial charge in [-0.2, -0.15) is 0 Å². The van der Waals surface area contributed by atoms with Crippen LogP contribution >= 0.6 is 0 Å². The highest BCUT2D eigenvalue weighted by atomic mass is 19.1. The van der Waals surface area contributed by atoms with Crippen LogP contribution in [-0.4, -0.2) is 24.1 Å². The van der Waals surface area contributed by atoms with Crippen LogP contribution in [0.2, 0.25) is 0 Å². The first-order valence-corrected chi connectivity index (χ1v) is 5.65. The lowest BCUT2D eigenvalue weighted by Gasteiger charge is -2.10. The van der Waals surface area contributed by atoms with Crippen molar-refractivity contribution < 1.29 is 19.0 Å². The number of methoxy groups -OCH3 is 1. The van der Waals surface area contributed by atoms with E-state index < -0.39 is 11.9 Å². The lowest BCUT2D eigenvalue weighted by molar-refractivity contribution is -0.127. The fraction of sp³-hybridized carbons (Fsp3) is 0.462. The van der Waals surface area contributed by atoms with Crippen molar-refractivity contribution in [2.75, 3.05) is 7.11 Å². The third-order valence-corrected chi connectivity index (χ3v) is 3.03. The Kier molecular flexibility index (Phi) is 3.43. The van der Waals surface area contributed by atoms with Crippen molar-refractivity contribution >= 4 is 5.78 Å². The van der Waals surface area contributed by atoms with Crippen LogP contribution in [0, 0.1) is 11.7 Å². The summed E-state index contributed by atoms with van der Waals surface area (Å²) in [6.07, 6.45) is 0.738. The molecule has 1 aliphatic rings. The number of aliphatic hydroxyl groups excluding tert-OH is 1. The van der Waals surface area contributed by atoms with Crippen molar-refractivity contribution in [3.8, 4) is 5.75 Å². The predicted octanol–water partition coefficient (Wildman–Crippen LogP) is 1.72. The van der Waals surface area contributed by atoms with Gasteiger partial charge >= 0.3 is 0 Å². The van der Waals surface area contributed by atoms with Crippen molar-refractivity contribution in [2.45, 2.75) is 25.4 Å². The molecule has 1 fully saturated rings. The van der Waals surface area contributed by atoms with Gasteiger partial charge in [0.05, 0.1) is 7.11 Å².